The van der Waals surface area contributed by atoms with E-state index >= 15 is 0 Å². The zero-order valence-electron chi connectivity index (χ0n) is 11.1. The summed E-state index contributed by atoms with van der Waals surface area (Å²) in [5, 5.41) is 2.88. The lowest BCUT2D eigenvalue weighted by molar-refractivity contribution is 0.102. The van der Waals surface area contributed by atoms with Crippen molar-refractivity contribution < 1.29 is 9.53 Å². The highest BCUT2D eigenvalue weighted by molar-refractivity contribution is 6.04. The van der Waals surface area contributed by atoms with Gasteiger partial charge in [-0.15, -0.1) is 0 Å². The second kappa shape index (κ2) is 5.35. The fourth-order valence-electron chi connectivity index (χ4n) is 2.26. The number of anilines is 1. The maximum absolute atomic E-state index is 12.2. The minimum atomic E-state index is -0.111. The topological polar surface area (TPSA) is 64.3 Å². The van der Waals surface area contributed by atoms with Gasteiger partial charge in [0, 0.05) is 24.2 Å². The van der Waals surface area contributed by atoms with Gasteiger partial charge in [0.15, 0.2) is 0 Å². The first-order valence-electron chi connectivity index (χ1n) is 6.62. The number of hydrogen-bond acceptors (Lipinski definition) is 3. The molecule has 0 unspecified atom stereocenters. The number of ether oxygens (including phenoxy) is 1. The minimum absolute atomic E-state index is 0.111. The van der Waals surface area contributed by atoms with E-state index in [-0.39, 0.29) is 5.91 Å². The van der Waals surface area contributed by atoms with Crippen LogP contribution in [0.25, 0.3) is 0 Å². The van der Waals surface area contributed by atoms with E-state index in [4.69, 9.17) is 10.5 Å². The summed E-state index contributed by atoms with van der Waals surface area (Å²) in [5.41, 5.74) is 9.10. The monoisotopic (exact) mass is 268 g/mol. The first-order chi connectivity index (χ1) is 9.76. The summed E-state index contributed by atoms with van der Waals surface area (Å²) in [6.07, 6.45) is 0.863. The van der Waals surface area contributed by atoms with Gasteiger partial charge in [-0.1, -0.05) is 12.1 Å². The van der Waals surface area contributed by atoms with Gasteiger partial charge in [-0.25, -0.2) is 0 Å². The van der Waals surface area contributed by atoms with Crippen molar-refractivity contribution in [1.82, 2.24) is 0 Å². The molecule has 0 radical (unpaired) electrons. The van der Waals surface area contributed by atoms with E-state index in [1.807, 2.05) is 36.4 Å². The number of rotatable bonds is 3. The summed E-state index contributed by atoms with van der Waals surface area (Å²) in [7, 11) is 0. The Balaban J connectivity index is 1.75. The smallest absolute Gasteiger partial charge is 0.255 e. The molecule has 1 heterocycles. The molecule has 0 spiro atoms. The van der Waals surface area contributed by atoms with Crippen molar-refractivity contribution in [3.8, 4) is 5.75 Å². The average Bonchev–Trinajstić information content (AvgIpc) is 2.95. The van der Waals surface area contributed by atoms with Crippen LogP contribution in [0.1, 0.15) is 21.5 Å². The van der Waals surface area contributed by atoms with Gasteiger partial charge in [0.2, 0.25) is 0 Å². The van der Waals surface area contributed by atoms with Crippen LogP contribution in [0, 0.1) is 0 Å². The molecule has 102 valence electrons. The summed E-state index contributed by atoms with van der Waals surface area (Å²) < 4.78 is 5.43. The van der Waals surface area contributed by atoms with E-state index in [9.17, 15) is 4.79 Å². The van der Waals surface area contributed by atoms with Gasteiger partial charge in [-0.3, -0.25) is 4.79 Å². The Morgan fingerprint density at radius 2 is 2.00 bits per heavy atom. The molecule has 1 aliphatic heterocycles. The number of nitrogens with two attached hydrogens (primary N) is 1. The zero-order chi connectivity index (χ0) is 13.9. The Bertz CT molecular complexity index is 635. The molecule has 3 rings (SSSR count). The fourth-order valence-corrected chi connectivity index (χ4v) is 2.26. The van der Waals surface area contributed by atoms with Crippen LogP contribution >= 0.6 is 0 Å². The van der Waals surface area contributed by atoms with Crippen LogP contribution < -0.4 is 15.8 Å². The van der Waals surface area contributed by atoms with Gasteiger partial charge in [-0.05, 0) is 41.5 Å². The third-order valence-electron chi connectivity index (χ3n) is 3.40. The minimum Gasteiger partial charge on any atom is -0.493 e. The number of fused-ring (bicyclic) bond motifs is 1. The van der Waals surface area contributed by atoms with Crippen LogP contribution in [0.2, 0.25) is 0 Å². The van der Waals surface area contributed by atoms with Crippen LogP contribution in [0.15, 0.2) is 42.5 Å². The summed E-state index contributed by atoms with van der Waals surface area (Å²) >= 11 is 0. The number of hydrogen-bond donors (Lipinski definition) is 2. The summed E-state index contributed by atoms with van der Waals surface area (Å²) in [5.74, 6) is 0.772. The zero-order valence-corrected chi connectivity index (χ0v) is 11.1. The molecule has 0 aromatic heterocycles. The lowest BCUT2D eigenvalue weighted by Gasteiger charge is -2.07. The van der Waals surface area contributed by atoms with Crippen LogP contribution in [0.5, 0.6) is 5.75 Å². The lowest BCUT2D eigenvalue weighted by atomic mass is 10.1. The van der Waals surface area contributed by atoms with Gasteiger partial charge in [0.25, 0.3) is 5.91 Å². The highest BCUT2D eigenvalue weighted by Gasteiger charge is 2.15. The summed E-state index contributed by atoms with van der Waals surface area (Å²) in [6.45, 7) is 1.19. The molecule has 1 aliphatic rings. The first-order valence-corrected chi connectivity index (χ1v) is 6.62. The van der Waals surface area contributed by atoms with Gasteiger partial charge >= 0.3 is 0 Å². The van der Waals surface area contributed by atoms with Crippen LogP contribution in [0.3, 0.4) is 0 Å². The van der Waals surface area contributed by atoms with Crippen molar-refractivity contribution in [2.75, 3.05) is 11.9 Å². The molecule has 3 N–H and O–H groups in total. The molecule has 4 nitrogen and oxygen atoms in total. The number of nitrogens with one attached hydrogen (secondary N) is 1. The van der Waals surface area contributed by atoms with Gasteiger partial charge in [0.1, 0.15) is 5.75 Å². The fraction of sp³-hybridized carbons (Fsp3) is 0.188. The van der Waals surface area contributed by atoms with E-state index in [1.165, 1.54) is 0 Å². The largest absolute Gasteiger partial charge is 0.493 e. The number of carbonyl (C=O) groups is 1. The predicted molar refractivity (Wildman–Crippen MR) is 77.9 cm³/mol. The third kappa shape index (κ3) is 2.51. The molecule has 0 bridgehead atoms. The maximum Gasteiger partial charge on any atom is 0.255 e. The van der Waals surface area contributed by atoms with Crippen LogP contribution in [-0.2, 0) is 13.0 Å². The summed E-state index contributed by atoms with van der Waals surface area (Å²) in [4.78, 5) is 12.2. The second-order valence-corrected chi connectivity index (χ2v) is 4.78. The lowest BCUT2D eigenvalue weighted by Crippen LogP contribution is -2.12. The molecule has 2 aromatic carbocycles. The Morgan fingerprint density at radius 3 is 2.75 bits per heavy atom. The van der Waals surface area contributed by atoms with Crippen molar-refractivity contribution in [3.63, 3.8) is 0 Å². The van der Waals surface area contributed by atoms with E-state index in [0.717, 1.165) is 29.0 Å². The van der Waals surface area contributed by atoms with Crippen molar-refractivity contribution in [2.24, 2.45) is 5.73 Å². The normalized spacial score (nSPS) is 12.7. The van der Waals surface area contributed by atoms with E-state index in [2.05, 4.69) is 5.32 Å². The number of amides is 1. The molecule has 0 fully saturated rings. The van der Waals surface area contributed by atoms with Gasteiger partial charge < -0.3 is 15.8 Å². The molecule has 0 aliphatic carbocycles. The average molecular weight is 268 g/mol. The van der Waals surface area contributed by atoms with E-state index in [1.54, 1.807) is 6.07 Å². The first kappa shape index (κ1) is 12.7. The highest BCUT2D eigenvalue weighted by Crippen LogP contribution is 2.26. The van der Waals surface area contributed by atoms with Crippen molar-refractivity contribution in [1.29, 1.82) is 0 Å². The Labute approximate surface area is 117 Å². The third-order valence-corrected chi connectivity index (χ3v) is 3.40. The number of carbonyl (C=O) groups excluding carboxylic acids is 1. The maximum atomic E-state index is 12.2. The molecule has 4 heteroatoms. The quantitative estimate of drug-likeness (QED) is 0.898. The predicted octanol–water partition coefficient (Wildman–Crippen LogP) is 2.33. The molecule has 0 saturated heterocycles. The van der Waals surface area contributed by atoms with Crippen LogP contribution in [0.4, 0.5) is 5.69 Å². The Kier molecular flexibility index (Phi) is 3.39. The van der Waals surface area contributed by atoms with Crippen molar-refractivity contribution >= 4 is 11.6 Å². The van der Waals surface area contributed by atoms with Crippen molar-refractivity contribution in [2.45, 2.75) is 13.0 Å². The molecule has 0 saturated carbocycles. The molecule has 20 heavy (non-hydrogen) atoms. The van der Waals surface area contributed by atoms with Gasteiger partial charge in [-0.2, -0.15) is 0 Å². The van der Waals surface area contributed by atoms with Crippen LogP contribution in [-0.4, -0.2) is 12.5 Å². The molecule has 2 aromatic rings. The van der Waals surface area contributed by atoms with E-state index < -0.39 is 0 Å². The Hall–Kier alpha value is -2.33. The molecular formula is C16H16N2O2. The SMILES string of the molecule is NCc1ccc(NC(=O)c2ccc3c(c2)CCO3)cc1. The molecule has 0 atom stereocenters. The summed E-state index contributed by atoms with van der Waals surface area (Å²) in [6, 6.07) is 13.1. The standard InChI is InChI=1S/C16H16N2O2/c17-10-11-1-4-14(5-2-11)18-16(19)13-3-6-15-12(9-13)7-8-20-15/h1-6,9H,7-8,10,17H2,(H,18,19). The Morgan fingerprint density at radius 1 is 1.20 bits per heavy atom. The highest BCUT2D eigenvalue weighted by atomic mass is 16.5. The molecule has 1 amide bonds. The van der Waals surface area contributed by atoms with E-state index in [0.29, 0.717) is 18.7 Å². The van der Waals surface area contributed by atoms with Gasteiger partial charge in [0.05, 0.1) is 6.61 Å². The molecular weight excluding hydrogens is 252 g/mol. The number of benzene rings is 2. The van der Waals surface area contributed by atoms with Crippen molar-refractivity contribution in [3.05, 3.63) is 59.2 Å². The second-order valence-electron chi connectivity index (χ2n) is 4.78.